The number of fused-ring (bicyclic) bond motifs is 1. The van der Waals surface area contributed by atoms with Gasteiger partial charge >= 0.3 is 5.97 Å². The molecule has 0 bridgehead atoms. The minimum Gasteiger partial charge on any atom is -0.481 e. The number of aliphatic carboxylic acids is 1. The monoisotopic (exact) mass is 296 g/mol. The van der Waals surface area contributed by atoms with Crippen LogP contribution in [0.2, 0.25) is 0 Å². The third-order valence-electron chi connectivity index (χ3n) is 2.76. The number of halogens is 1. The van der Waals surface area contributed by atoms with Gasteiger partial charge < -0.3 is 15.8 Å². The zero-order valence-corrected chi connectivity index (χ0v) is 10.7. The highest BCUT2D eigenvalue weighted by Gasteiger charge is 2.14. The van der Waals surface area contributed by atoms with Crippen LogP contribution in [0.3, 0.4) is 0 Å². The number of nitrogens with one attached hydrogen (secondary N) is 1. The van der Waals surface area contributed by atoms with Gasteiger partial charge in [0.05, 0.1) is 0 Å². The molecule has 4 N–H and O–H groups in total. The molecular weight excluding hydrogens is 284 g/mol. The van der Waals surface area contributed by atoms with Gasteiger partial charge in [-0.2, -0.15) is 0 Å². The van der Waals surface area contributed by atoms with Gasteiger partial charge in [-0.1, -0.05) is 12.1 Å². The fourth-order valence-corrected chi connectivity index (χ4v) is 2.47. The van der Waals surface area contributed by atoms with E-state index in [0.29, 0.717) is 6.42 Å². The first-order valence-corrected chi connectivity index (χ1v) is 6.11. The Hall–Kier alpha value is -1.33. The van der Waals surface area contributed by atoms with Gasteiger partial charge in [-0.15, -0.1) is 0 Å². The summed E-state index contributed by atoms with van der Waals surface area (Å²) in [4.78, 5) is 13.7. The second-order valence-electron chi connectivity index (χ2n) is 3.95. The summed E-state index contributed by atoms with van der Waals surface area (Å²) in [6.07, 6.45) is 2.38. The molecule has 4 nitrogen and oxygen atoms in total. The van der Waals surface area contributed by atoms with Gasteiger partial charge in [-0.05, 0) is 34.0 Å². The van der Waals surface area contributed by atoms with Crippen molar-refractivity contribution in [3.8, 4) is 0 Å². The van der Waals surface area contributed by atoms with Gasteiger partial charge in [0.25, 0.3) is 0 Å². The van der Waals surface area contributed by atoms with Gasteiger partial charge in [-0.3, -0.25) is 4.79 Å². The number of benzene rings is 1. The number of rotatable bonds is 4. The predicted molar refractivity (Wildman–Crippen MR) is 69.8 cm³/mol. The summed E-state index contributed by atoms with van der Waals surface area (Å²) >= 11 is 3.46. The van der Waals surface area contributed by atoms with Crippen LogP contribution in [0.15, 0.2) is 28.9 Å². The lowest BCUT2D eigenvalue weighted by molar-refractivity contribution is -0.137. The van der Waals surface area contributed by atoms with E-state index in [1.807, 2.05) is 24.4 Å². The lowest BCUT2D eigenvalue weighted by atomic mass is 9.99. The Bertz CT molecular complexity index is 550. The maximum absolute atomic E-state index is 10.5. The molecule has 0 amide bonds. The summed E-state index contributed by atoms with van der Waals surface area (Å²) in [5, 5.41) is 9.70. The van der Waals surface area contributed by atoms with Gasteiger partial charge in [0.1, 0.15) is 0 Å². The highest BCUT2D eigenvalue weighted by Crippen LogP contribution is 2.31. The highest BCUT2D eigenvalue weighted by molar-refractivity contribution is 9.10. The minimum atomic E-state index is -0.819. The molecule has 1 aromatic carbocycles. The molecule has 1 aromatic heterocycles. The van der Waals surface area contributed by atoms with Crippen LogP contribution in [-0.2, 0) is 4.79 Å². The molecule has 0 saturated heterocycles. The number of hydrogen-bond donors (Lipinski definition) is 3. The van der Waals surface area contributed by atoms with E-state index in [9.17, 15) is 4.79 Å². The standard InChI is InChI=1S/C12H13BrN2O2/c13-8-6-15-10-3-1-2-7(12(8)10)9(14)4-5-11(16)17/h1-3,6,9,15H,4-5,14H2,(H,16,17). The first kappa shape index (κ1) is 12.1. The number of hydrogen-bond acceptors (Lipinski definition) is 2. The van der Waals surface area contributed by atoms with Crippen LogP contribution in [0.4, 0.5) is 0 Å². The topological polar surface area (TPSA) is 79.1 Å². The molecule has 2 aromatic rings. The van der Waals surface area contributed by atoms with Crippen LogP contribution in [0.25, 0.3) is 10.9 Å². The fourth-order valence-electron chi connectivity index (χ4n) is 1.91. The SMILES string of the molecule is NC(CCC(=O)O)c1cccc2[nH]cc(Br)c12. The summed E-state index contributed by atoms with van der Waals surface area (Å²) in [6.45, 7) is 0. The predicted octanol–water partition coefficient (Wildman–Crippen LogP) is 2.80. The van der Waals surface area contributed by atoms with Crippen LogP contribution in [-0.4, -0.2) is 16.1 Å². The van der Waals surface area contributed by atoms with E-state index in [1.54, 1.807) is 0 Å². The summed E-state index contributed by atoms with van der Waals surface area (Å²) < 4.78 is 0.953. The van der Waals surface area contributed by atoms with Gasteiger partial charge in [-0.25, -0.2) is 0 Å². The molecule has 0 radical (unpaired) electrons. The molecule has 1 atom stereocenters. The Balaban J connectivity index is 2.34. The van der Waals surface area contributed by atoms with E-state index in [1.165, 1.54) is 0 Å². The summed E-state index contributed by atoms with van der Waals surface area (Å²) in [5.41, 5.74) is 8.01. The van der Waals surface area contributed by atoms with E-state index in [4.69, 9.17) is 10.8 Å². The first-order chi connectivity index (χ1) is 8.09. The van der Waals surface area contributed by atoms with Crippen molar-refractivity contribution in [1.29, 1.82) is 0 Å². The Labute approximate surface area is 107 Å². The summed E-state index contributed by atoms with van der Waals surface area (Å²) in [5.74, 6) is -0.819. The Kier molecular flexibility index (Phi) is 3.49. The number of aromatic amines is 1. The van der Waals surface area contributed by atoms with Crippen molar-refractivity contribution in [3.63, 3.8) is 0 Å². The lowest BCUT2D eigenvalue weighted by Gasteiger charge is -2.12. The van der Waals surface area contributed by atoms with E-state index >= 15 is 0 Å². The average molecular weight is 297 g/mol. The quantitative estimate of drug-likeness (QED) is 0.812. The maximum Gasteiger partial charge on any atom is 0.303 e. The van der Waals surface area contributed by atoms with Crippen molar-refractivity contribution in [1.82, 2.24) is 4.98 Å². The van der Waals surface area contributed by atoms with Gasteiger partial charge in [0, 0.05) is 34.0 Å². The first-order valence-electron chi connectivity index (χ1n) is 5.32. The number of nitrogens with two attached hydrogens (primary N) is 1. The molecule has 0 aliphatic carbocycles. The Morgan fingerprint density at radius 1 is 1.53 bits per heavy atom. The molecule has 0 aliphatic rings. The van der Waals surface area contributed by atoms with Crippen molar-refractivity contribution >= 4 is 32.8 Å². The van der Waals surface area contributed by atoms with E-state index in [0.717, 1.165) is 20.9 Å². The van der Waals surface area contributed by atoms with Gasteiger partial charge in [0.2, 0.25) is 0 Å². The molecule has 0 spiro atoms. The molecule has 90 valence electrons. The summed E-state index contributed by atoms with van der Waals surface area (Å²) in [7, 11) is 0. The van der Waals surface area contributed by atoms with Crippen LogP contribution < -0.4 is 5.73 Å². The maximum atomic E-state index is 10.5. The number of carboxylic acid groups (broad SMARTS) is 1. The Morgan fingerprint density at radius 2 is 2.29 bits per heavy atom. The number of carboxylic acids is 1. The molecule has 2 rings (SSSR count). The van der Waals surface area contributed by atoms with E-state index < -0.39 is 5.97 Å². The zero-order chi connectivity index (χ0) is 12.4. The van der Waals surface area contributed by atoms with E-state index in [-0.39, 0.29) is 12.5 Å². The molecule has 0 aliphatic heterocycles. The second kappa shape index (κ2) is 4.89. The van der Waals surface area contributed by atoms with Crippen molar-refractivity contribution < 1.29 is 9.90 Å². The van der Waals surface area contributed by atoms with E-state index in [2.05, 4.69) is 20.9 Å². The fraction of sp³-hybridized carbons (Fsp3) is 0.250. The van der Waals surface area contributed by atoms with Gasteiger partial charge in [0.15, 0.2) is 0 Å². The van der Waals surface area contributed by atoms with Crippen LogP contribution >= 0.6 is 15.9 Å². The Morgan fingerprint density at radius 3 is 3.00 bits per heavy atom. The molecule has 5 heteroatoms. The van der Waals surface area contributed by atoms with Crippen molar-refractivity contribution in [2.45, 2.75) is 18.9 Å². The number of aromatic nitrogens is 1. The van der Waals surface area contributed by atoms with Crippen LogP contribution in [0.5, 0.6) is 0 Å². The highest BCUT2D eigenvalue weighted by atomic mass is 79.9. The molecule has 17 heavy (non-hydrogen) atoms. The van der Waals surface area contributed by atoms with Crippen LogP contribution in [0, 0.1) is 0 Å². The van der Waals surface area contributed by atoms with Crippen LogP contribution in [0.1, 0.15) is 24.4 Å². The third kappa shape index (κ3) is 2.50. The molecule has 1 heterocycles. The number of carbonyl (C=O) groups is 1. The largest absolute Gasteiger partial charge is 0.481 e. The molecule has 0 saturated carbocycles. The molecular formula is C12H13BrN2O2. The smallest absolute Gasteiger partial charge is 0.303 e. The third-order valence-corrected chi connectivity index (χ3v) is 3.38. The average Bonchev–Trinajstić information content (AvgIpc) is 2.68. The molecule has 1 unspecified atom stereocenters. The van der Waals surface area contributed by atoms with Crippen molar-refractivity contribution in [2.75, 3.05) is 0 Å². The second-order valence-corrected chi connectivity index (χ2v) is 4.80. The zero-order valence-electron chi connectivity index (χ0n) is 9.11. The number of H-pyrrole nitrogens is 1. The normalized spacial score (nSPS) is 12.8. The van der Waals surface area contributed by atoms with Crippen molar-refractivity contribution in [3.05, 3.63) is 34.4 Å². The summed E-state index contributed by atoms with van der Waals surface area (Å²) in [6, 6.07) is 5.56. The minimum absolute atomic E-state index is 0.0829. The molecule has 0 fully saturated rings. The lowest BCUT2D eigenvalue weighted by Crippen LogP contribution is -2.12. The van der Waals surface area contributed by atoms with Crippen molar-refractivity contribution in [2.24, 2.45) is 5.73 Å².